The SMILES string of the molecule is Cc1nn(C)c2c1nc(CCl)n2Cc1ccccc1. The Kier molecular flexibility index (Phi) is 3.03. The van der Waals surface area contributed by atoms with Crippen LogP contribution in [0, 0.1) is 6.92 Å². The van der Waals surface area contributed by atoms with Crippen molar-refractivity contribution in [2.75, 3.05) is 0 Å². The Morgan fingerprint density at radius 1 is 1.21 bits per heavy atom. The zero-order valence-electron chi connectivity index (χ0n) is 11.0. The van der Waals surface area contributed by atoms with Crippen LogP contribution in [0.5, 0.6) is 0 Å². The van der Waals surface area contributed by atoms with E-state index in [-0.39, 0.29) is 0 Å². The zero-order chi connectivity index (χ0) is 13.4. The van der Waals surface area contributed by atoms with E-state index in [0.717, 1.165) is 29.2 Å². The van der Waals surface area contributed by atoms with Crippen molar-refractivity contribution in [3.63, 3.8) is 0 Å². The van der Waals surface area contributed by atoms with Crippen LogP contribution in [0.25, 0.3) is 11.2 Å². The van der Waals surface area contributed by atoms with Gasteiger partial charge in [0.2, 0.25) is 0 Å². The van der Waals surface area contributed by atoms with Gasteiger partial charge in [-0.05, 0) is 12.5 Å². The summed E-state index contributed by atoms with van der Waals surface area (Å²) in [6.45, 7) is 2.73. The first-order valence-corrected chi connectivity index (χ1v) is 6.72. The quantitative estimate of drug-likeness (QED) is 0.689. The summed E-state index contributed by atoms with van der Waals surface area (Å²) in [5.74, 6) is 1.29. The van der Waals surface area contributed by atoms with E-state index in [1.807, 2.05) is 36.9 Å². The van der Waals surface area contributed by atoms with Crippen molar-refractivity contribution < 1.29 is 0 Å². The van der Waals surface area contributed by atoms with Crippen molar-refractivity contribution in [3.8, 4) is 0 Å². The van der Waals surface area contributed by atoms with E-state index < -0.39 is 0 Å². The van der Waals surface area contributed by atoms with Crippen molar-refractivity contribution >= 4 is 22.8 Å². The molecule has 1 aromatic carbocycles. The summed E-state index contributed by atoms with van der Waals surface area (Å²) in [5, 5.41) is 4.42. The Morgan fingerprint density at radius 3 is 2.63 bits per heavy atom. The molecule has 0 spiro atoms. The molecule has 19 heavy (non-hydrogen) atoms. The third-order valence-electron chi connectivity index (χ3n) is 3.27. The van der Waals surface area contributed by atoms with Crippen molar-refractivity contribution in [1.82, 2.24) is 19.3 Å². The molecule has 0 aliphatic heterocycles. The smallest absolute Gasteiger partial charge is 0.159 e. The van der Waals surface area contributed by atoms with Gasteiger partial charge < -0.3 is 4.57 Å². The fraction of sp³-hybridized carbons (Fsp3) is 0.286. The first-order chi connectivity index (χ1) is 9.20. The van der Waals surface area contributed by atoms with E-state index in [2.05, 4.69) is 26.8 Å². The van der Waals surface area contributed by atoms with Crippen LogP contribution in [-0.2, 0) is 19.5 Å². The second-order valence-corrected chi connectivity index (χ2v) is 4.88. The molecule has 0 fully saturated rings. The van der Waals surface area contributed by atoms with Crippen LogP contribution in [-0.4, -0.2) is 19.3 Å². The Balaban J connectivity index is 2.15. The van der Waals surface area contributed by atoms with Gasteiger partial charge >= 0.3 is 0 Å². The first-order valence-electron chi connectivity index (χ1n) is 6.19. The van der Waals surface area contributed by atoms with Crippen LogP contribution >= 0.6 is 11.6 Å². The van der Waals surface area contributed by atoms with Crippen molar-refractivity contribution in [2.24, 2.45) is 7.05 Å². The number of aromatic nitrogens is 4. The molecule has 98 valence electrons. The van der Waals surface area contributed by atoms with Gasteiger partial charge in [-0.3, -0.25) is 4.68 Å². The lowest BCUT2D eigenvalue weighted by atomic mass is 10.2. The van der Waals surface area contributed by atoms with Crippen LogP contribution in [0.15, 0.2) is 30.3 Å². The van der Waals surface area contributed by atoms with Gasteiger partial charge in [0.1, 0.15) is 11.3 Å². The molecule has 3 aromatic rings. The molecule has 0 N–H and O–H groups in total. The normalized spacial score (nSPS) is 11.3. The van der Waals surface area contributed by atoms with E-state index in [9.17, 15) is 0 Å². The summed E-state index contributed by atoms with van der Waals surface area (Å²) >= 11 is 6.02. The number of halogens is 1. The summed E-state index contributed by atoms with van der Waals surface area (Å²) in [4.78, 5) is 4.60. The number of hydrogen-bond acceptors (Lipinski definition) is 2. The third-order valence-corrected chi connectivity index (χ3v) is 3.51. The van der Waals surface area contributed by atoms with Crippen LogP contribution in [0.3, 0.4) is 0 Å². The van der Waals surface area contributed by atoms with E-state index in [0.29, 0.717) is 5.88 Å². The number of aryl methyl sites for hydroxylation is 2. The molecule has 2 heterocycles. The number of fused-ring (bicyclic) bond motifs is 1. The van der Waals surface area contributed by atoms with Gasteiger partial charge in [0.15, 0.2) is 5.65 Å². The highest BCUT2D eigenvalue weighted by Gasteiger charge is 2.16. The lowest BCUT2D eigenvalue weighted by Gasteiger charge is -2.08. The summed E-state index contributed by atoms with van der Waals surface area (Å²) in [7, 11) is 1.94. The summed E-state index contributed by atoms with van der Waals surface area (Å²) in [6.07, 6.45) is 0. The minimum absolute atomic E-state index is 0.404. The molecule has 0 radical (unpaired) electrons. The molecular formula is C14H15ClN4. The van der Waals surface area contributed by atoms with Crippen LogP contribution in [0.1, 0.15) is 17.1 Å². The third kappa shape index (κ3) is 2.02. The highest BCUT2D eigenvalue weighted by molar-refractivity contribution is 6.16. The average molecular weight is 275 g/mol. The number of rotatable bonds is 3. The largest absolute Gasteiger partial charge is 0.307 e. The standard InChI is InChI=1S/C14H15ClN4/c1-10-13-14(18(2)17-10)19(12(8-15)16-13)9-11-6-4-3-5-7-11/h3-7H,8-9H2,1-2H3. The van der Waals surface area contributed by atoms with Crippen molar-refractivity contribution in [1.29, 1.82) is 0 Å². The van der Waals surface area contributed by atoms with Gasteiger partial charge in [0.25, 0.3) is 0 Å². The Morgan fingerprint density at radius 2 is 1.95 bits per heavy atom. The maximum absolute atomic E-state index is 6.02. The van der Waals surface area contributed by atoms with Crippen LogP contribution in [0.2, 0.25) is 0 Å². The average Bonchev–Trinajstić information content (AvgIpc) is 2.91. The zero-order valence-corrected chi connectivity index (χ0v) is 11.7. The van der Waals surface area contributed by atoms with Crippen molar-refractivity contribution in [2.45, 2.75) is 19.3 Å². The predicted molar refractivity (Wildman–Crippen MR) is 76.3 cm³/mol. The monoisotopic (exact) mass is 274 g/mol. The molecule has 0 bridgehead atoms. The molecular weight excluding hydrogens is 260 g/mol. The number of nitrogens with zero attached hydrogens (tertiary/aromatic N) is 4. The summed E-state index contributed by atoms with van der Waals surface area (Å²) < 4.78 is 4.01. The molecule has 2 aromatic heterocycles. The molecule has 0 atom stereocenters. The maximum atomic E-state index is 6.02. The van der Waals surface area contributed by atoms with E-state index in [1.165, 1.54) is 5.56 Å². The highest BCUT2D eigenvalue weighted by atomic mass is 35.5. The minimum Gasteiger partial charge on any atom is -0.307 e. The summed E-state index contributed by atoms with van der Waals surface area (Å²) in [6, 6.07) is 10.3. The minimum atomic E-state index is 0.404. The molecule has 3 rings (SSSR count). The molecule has 0 saturated heterocycles. The van der Waals surface area contributed by atoms with Crippen LogP contribution in [0.4, 0.5) is 0 Å². The Labute approximate surface area is 116 Å². The fourth-order valence-electron chi connectivity index (χ4n) is 2.41. The second kappa shape index (κ2) is 4.70. The molecule has 5 heteroatoms. The van der Waals surface area contributed by atoms with Crippen LogP contribution < -0.4 is 0 Å². The van der Waals surface area contributed by atoms with Gasteiger partial charge in [-0.2, -0.15) is 5.10 Å². The predicted octanol–water partition coefficient (Wildman–Crippen LogP) is 2.87. The first kappa shape index (κ1) is 12.2. The van der Waals surface area contributed by atoms with Gasteiger partial charge in [-0.25, -0.2) is 4.98 Å². The fourth-order valence-corrected chi connectivity index (χ4v) is 2.62. The number of benzene rings is 1. The topological polar surface area (TPSA) is 35.6 Å². The maximum Gasteiger partial charge on any atom is 0.159 e. The van der Waals surface area contributed by atoms with E-state index >= 15 is 0 Å². The molecule has 0 unspecified atom stereocenters. The van der Waals surface area contributed by atoms with Crippen molar-refractivity contribution in [3.05, 3.63) is 47.4 Å². The lowest BCUT2D eigenvalue weighted by molar-refractivity contribution is 0.702. The molecule has 0 aliphatic rings. The Hall–Kier alpha value is -1.81. The molecule has 0 amide bonds. The second-order valence-electron chi connectivity index (χ2n) is 4.61. The summed E-state index contributed by atoms with van der Waals surface area (Å²) in [5.41, 5.74) is 4.13. The number of alkyl halides is 1. The molecule has 0 saturated carbocycles. The Bertz CT molecular complexity index is 712. The molecule has 0 aliphatic carbocycles. The van der Waals surface area contributed by atoms with Gasteiger partial charge in [0, 0.05) is 7.05 Å². The number of hydrogen-bond donors (Lipinski definition) is 0. The highest BCUT2D eigenvalue weighted by Crippen LogP contribution is 2.21. The lowest BCUT2D eigenvalue weighted by Crippen LogP contribution is -2.07. The van der Waals surface area contributed by atoms with E-state index in [4.69, 9.17) is 11.6 Å². The van der Waals surface area contributed by atoms with Gasteiger partial charge in [-0.15, -0.1) is 11.6 Å². The van der Waals surface area contributed by atoms with Gasteiger partial charge in [0.05, 0.1) is 18.1 Å². The van der Waals surface area contributed by atoms with E-state index in [1.54, 1.807) is 0 Å². The van der Waals surface area contributed by atoms with Gasteiger partial charge in [-0.1, -0.05) is 30.3 Å². The number of imidazole rings is 1. The molecule has 4 nitrogen and oxygen atoms in total.